The smallest absolute Gasteiger partial charge is 0.236 e. The molecule has 3 atom stereocenters. The number of fused-ring (bicyclic) bond motifs is 1. The molecule has 1 aromatic rings. The summed E-state index contributed by atoms with van der Waals surface area (Å²) < 4.78 is 19.8. The van der Waals surface area contributed by atoms with Crippen LogP contribution in [0.25, 0.3) is 0 Å². The SMILES string of the molecule is O=C(CN1CCCC1)N1C[C@@H]2CC[C@H](Oc3ccccc3F)[C@@H]2C1. The Kier molecular flexibility index (Phi) is 4.44. The van der Waals surface area contributed by atoms with Gasteiger partial charge in [0.15, 0.2) is 11.6 Å². The molecular weight excluding hydrogens is 307 g/mol. The van der Waals surface area contributed by atoms with Gasteiger partial charge in [-0.25, -0.2) is 4.39 Å². The number of benzene rings is 1. The second kappa shape index (κ2) is 6.71. The molecule has 4 rings (SSSR count). The van der Waals surface area contributed by atoms with Crippen LogP contribution in [0, 0.1) is 17.7 Å². The molecule has 1 saturated carbocycles. The zero-order valence-corrected chi connectivity index (χ0v) is 14.0. The first kappa shape index (κ1) is 15.9. The number of nitrogens with zero attached hydrogens (tertiary/aromatic N) is 2. The van der Waals surface area contributed by atoms with E-state index < -0.39 is 0 Å². The van der Waals surface area contributed by atoms with Crippen molar-refractivity contribution in [3.63, 3.8) is 0 Å². The summed E-state index contributed by atoms with van der Waals surface area (Å²) >= 11 is 0. The Morgan fingerprint density at radius 3 is 2.75 bits per heavy atom. The normalized spacial score (nSPS) is 29.9. The van der Waals surface area contributed by atoms with Gasteiger partial charge in [0.2, 0.25) is 5.91 Å². The molecule has 1 aromatic carbocycles. The van der Waals surface area contributed by atoms with Crippen molar-refractivity contribution in [3.8, 4) is 5.75 Å². The van der Waals surface area contributed by atoms with Gasteiger partial charge >= 0.3 is 0 Å². The van der Waals surface area contributed by atoms with E-state index in [0.717, 1.165) is 39.0 Å². The summed E-state index contributed by atoms with van der Waals surface area (Å²) in [6, 6.07) is 6.59. The topological polar surface area (TPSA) is 32.8 Å². The highest BCUT2D eigenvalue weighted by molar-refractivity contribution is 5.78. The van der Waals surface area contributed by atoms with Crippen molar-refractivity contribution >= 4 is 5.91 Å². The Balaban J connectivity index is 1.36. The van der Waals surface area contributed by atoms with Crippen LogP contribution in [0.1, 0.15) is 25.7 Å². The van der Waals surface area contributed by atoms with E-state index in [2.05, 4.69) is 4.90 Å². The van der Waals surface area contributed by atoms with Gasteiger partial charge in [0.05, 0.1) is 6.54 Å². The molecule has 0 aromatic heterocycles. The van der Waals surface area contributed by atoms with Crippen molar-refractivity contribution < 1.29 is 13.9 Å². The van der Waals surface area contributed by atoms with Gasteiger partial charge in [0.1, 0.15) is 6.10 Å². The van der Waals surface area contributed by atoms with E-state index in [-0.39, 0.29) is 17.8 Å². The molecule has 4 nitrogen and oxygen atoms in total. The lowest BCUT2D eigenvalue weighted by Gasteiger charge is -2.24. The van der Waals surface area contributed by atoms with Crippen LogP contribution in [-0.4, -0.2) is 54.5 Å². The zero-order chi connectivity index (χ0) is 16.5. The van der Waals surface area contributed by atoms with E-state index in [0.29, 0.717) is 24.1 Å². The van der Waals surface area contributed by atoms with Crippen LogP contribution in [0.2, 0.25) is 0 Å². The molecule has 3 aliphatic rings. The number of halogens is 1. The quantitative estimate of drug-likeness (QED) is 0.849. The van der Waals surface area contributed by atoms with Gasteiger partial charge in [-0.15, -0.1) is 0 Å². The molecule has 1 amide bonds. The molecule has 1 aliphatic carbocycles. The third-order valence-corrected chi connectivity index (χ3v) is 5.82. The zero-order valence-electron chi connectivity index (χ0n) is 14.0. The third kappa shape index (κ3) is 3.14. The first-order valence-corrected chi connectivity index (χ1v) is 9.12. The molecule has 2 heterocycles. The average Bonchev–Trinajstić information content (AvgIpc) is 3.28. The van der Waals surface area contributed by atoms with Crippen LogP contribution in [0.15, 0.2) is 24.3 Å². The Bertz CT molecular complexity index is 603. The average molecular weight is 332 g/mol. The summed E-state index contributed by atoms with van der Waals surface area (Å²) in [7, 11) is 0. The third-order valence-electron chi connectivity index (χ3n) is 5.82. The number of likely N-dealkylation sites (tertiary alicyclic amines) is 2. The van der Waals surface area contributed by atoms with E-state index in [1.54, 1.807) is 18.2 Å². The first-order valence-electron chi connectivity index (χ1n) is 9.12. The van der Waals surface area contributed by atoms with Crippen LogP contribution < -0.4 is 4.74 Å². The van der Waals surface area contributed by atoms with Crippen molar-refractivity contribution in [1.82, 2.24) is 9.80 Å². The van der Waals surface area contributed by atoms with E-state index in [4.69, 9.17) is 4.74 Å². The van der Waals surface area contributed by atoms with Crippen LogP contribution in [-0.2, 0) is 4.79 Å². The van der Waals surface area contributed by atoms with Gasteiger partial charge in [-0.1, -0.05) is 12.1 Å². The number of para-hydroxylation sites is 1. The minimum absolute atomic E-state index is 0.0245. The maximum Gasteiger partial charge on any atom is 0.236 e. The molecule has 2 aliphatic heterocycles. The Labute approximate surface area is 142 Å². The fourth-order valence-corrected chi connectivity index (χ4v) is 4.50. The van der Waals surface area contributed by atoms with E-state index in [1.807, 2.05) is 4.90 Å². The number of amides is 1. The number of ether oxygens (including phenoxy) is 1. The second-order valence-electron chi connectivity index (χ2n) is 7.37. The fraction of sp³-hybridized carbons (Fsp3) is 0.632. The minimum atomic E-state index is -0.305. The van der Waals surface area contributed by atoms with Crippen molar-refractivity contribution in [2.24, 2.45) is 11.8 Å². The summed E-state index contributed by atoms with van der Waals surface area (Å²) in [4.78, 5) is 16.8. The summed E-state index contributed by atoms with van der Waals surface area (Å²) in [5, 5.41) is 0. The van der Waals surface area contributed by atoms with Crippen LogP contribution in [0.4, 0.5) is 4.39 Å². The number of hydrogen-bond acceptors (Lipinski definition) is 3. The van der Waals surface area contributed by atoms with Gasteiger partial charge in [-0.3, -0.25) is 9.69 Å². The predicted octanol–water partition coefficient (Wildman–Crippen LogP) is 2.54. The van der Waals surface area contributed by atoms with E-state index >= 15 is 0 Å². The lowest BCUT2D eigenvalue weighted by molar-refractivity contribution is -0.131. The lowest BCUT2D eigenvalue weighted by Crippen LogP contribution is -2.39. The molecule has 0 spiro atoms. The fourth-order valence-electron chi connectivity index (χ4n) is 4.50. The Hall–Kier alpha value is -1.62. The van der Waals surface area contributed by atoms with Crippen molar-refractivity contribution in [2.75, 3.05) is 32.7 Å². The van der Waals surface area contributed by atoms with E-state index in [1.165, 1.54) is 18.9 Å². The van der Waals surface area contributed by atoms with Gasteiger partial charge < -0.3 is 9.64 Å². The van der Waals surface area contributed by atoms with Crippen molar-refractivity contribution in [3.05, 3.63) is 30.1 Å². The molecular formula is C19H25FN2O2. The van der Waals surface area contributed by atoms with Gasteiger partial charge in [0.25, 0.3) is 0 Å². The summed E-state index contributed by atoms with van der Waals surface area (Å²) in [5.41, 5.74) is 0. The Morgan fingerprint density at radius 2 is 1.96 bits per heavy atom. The number of carbonyl (C=O) groups is 1. The number of rotatable bonds is 4. The maximum atomic E-state index is 13.8. The monoisotopic (exact) mass is 332 g/mol. The molecule has 0 unspecified atom stereocenters. The molecule has 24 heavy (non-hydrogen) atoms. The first-order chi connectivity index (χ1) is 11.7. The Morgan fingerprint density at radius 1 is 1.17 bits per heavy atom. The highest BCUT2D eigenvalue weighted by atomic mass is 19.1. The number of carbonyl (C=O) groups excluding carboxylic acids is 1. The summed E-state index contributed by atoms with van der Waals surface area (Å²) in [6.07, 6.45) is 4.46. The molecule has 0 radical (unpaired) electrons. The van der Waals surface area contributed by atoms with E-state index in [9.17, 15) is 9.18 Å². The van der Waals surface area contributed by atoms with Crippen molar-refractivity contribution in [2.45, 2.75) is 31.8 Å². The van der Waals surface area contributed by atoms with Crippen LogP contribution in [0.5, 0.6) is 5.75 Å². The van der Waals surface area contributed by atoms with Gasteiger partial charge in [-0.05, 0) is 56.8 Å². The van der Waals surface area contributed by atoms with Crippen molar-refractivity contribution in [1.29, 1.82) is 0 Å². The minimum Gasteiger partial charge on any atom is -0.487 e. The van der Waals surface area contributed by atoms with Gasteiger partial charge in [-0.2, -0.15) is 0 Å². The summed E-state index contributed by atoms with van der Waals surface area (Å²) in [5.74, 6) is 1.12. The molecule has 5 heteroatoms. The van der Waals surface area contributed by atoms with Crippen LogP contribution in [0.3, 0.4) is 0 Å². The molecule has 2 saturated heterocycles. The number of hydrogen-bond donors (Lipinski definition) is 0. The maximum absolute atomic E-state index is 13.8. The molecule has 0 bridgehead atoms. The largest absolute Gasteiger partial charge is 0.487 e. The molecule has 130 valence electrons. The second-order valence-corrected chi connectivity index (χ2v) is 7.37. The highest BCUT2D eigenvalue weighted by Gasteiger charge is 2.45. The summed E-state index contributed by atoms with van der Waals surface area (Å²) in [6.45, 7) is 4.25. The van der Waals surface area contributed by atoms with Crippen LogP contribution >= 0.6 is 0 Å². The molecule has 0 N–H and O–H groups in total. The molecule has 3 fully saturated rings. The predicted molar refractivity (Wildman–Crippen MR) is 89.3 cm³/mol. The van der Waals surface area contributed by atoms with Gasteiger partial charge in [0, 0.05) is 19.0 Å². The lowest BCUT2D eigenvalue weighted by atomic mass is 9.99. The highest BCUT2D eigenvalue weighted by Crippen LogP contribution is 2.40. The standard InChI is InChI=1S/C19H25FN2O2/c20-16-5-1-2-6-18(16)24-17-8-7-14-11-22(12-15(14)17)19(23)13-21-9-3-4-10-21/h1-2,5-6,14-15,17H,3-4,7-13H2/t14-,15+,17-/m0/s1.